The van der Waals surface area contributed by atoms with Crippen LogP contribution in [0.2, 0.25) is 0 Å². The third kappa shape index (κ3) is 2.18. The highest BCUT2D eigenvalue weighted by Crippen LogP contribution is 2.29. The van der Waals surface area contributed by atoms with Crippen LogP contribution in [-0.4, -0.2) is 17.2 Å². The molecule has 20 heavy (non-hydrogen) atoms. The lowest BCUT2D eigenvalue weighted by atomic mass is 10.0. The van der Waals surface area contributed by atoms with Crippen molar-refractivity contribution in [3.8, 4) is 0 Å². The maximum absolute atomic E-state index is 5.96. The minimum Gasteiger partial charge on any atom is -0.459 e. The lowest BCUT2D eigenvalue weighted by molar-refractivity contribution is 0.488. The average molecular weight is 267 g/mol. The van der Waals surface area contributed by atoms with Gasteiger partial charge < -0.3 is 9.73 Å². The van der Waals surface area contributed by atoms with Gasteiger partial charge in [-0.15, -0.1) is 0 Å². The lowest BCUT2D eigenvalue weighted by Crippen LogP contribution is -2.19. The monoisotopic (exact) mass is 267 g/mol. The van der Waals surface area contributed by atoms with Crippen molar-refractivity contribution in [3.63, 3.8) is 0 Å². The Morgan fingerprint density at radius 2 is 1.90 bits per heavy atom. The van der Waals surface area contributed by atoms with E-state index in [1.807, 2.05) is 39.1 Å². The number of benzene rings is 1. The molecule has 1 unspecified atom stereocenters. The summed E-state index contributed by atoms with van der Waals surface area (Å²) < 4.78 is 5.96. The zero-order chi connectivity index (χ0) is 14.1. The summed E-state index contributed by atoms with van der Waals surface area (Å²) in [5.41, 5.74) is 3.82. The third-order valence-corrected chi connectivity index (χ3v) is 3.47. The van der Waals surface area contributed by atoms with Crippen LogP contribution < -0.4 is 5.32 Å². The van der Waals surface area contributed by atoms with E-state index in [1.54, 1.807) is 0 Å². The van der Waals surface area contributed by atoms with E-state index in [1.165, 1.54) is 0 Å². The molecule has 3 aromatic rings. The minimum atomic E-state index is -0.0170. The van der Waals surface area contributed by atoms with Crippen LogP contribution in [0.5, 0.6) is 0 Å². The zero-order valence-electron chi connectivity index (χ0n) is 11.8. The van der Waals surface area contributed by atoms with Crippen molar-refractivity contribution >= 4 is 11.0 Å². The Balaban J connectivity index is 2.11. The van der Waals surface area contributed by atoms with Gasteiger partial charge in [-0.05, 0) is 39.1 Å². The molecular weight excluding hydrogens is 250 g/mol. The molecule has 102 valence electrons. The van der Waals surface area contributed by atoms with Crippen LogP contribution in [0.15, 0.2) is 40.8 Å². The van der Waals surface area contributed by atoms with Crippen molar-refractivity contribution in [2.24, 2.45) is 0 Å². The summed E-state index contributed by atoms with van der Waals surface area (Å²) in [6, 6.07) is 12.1. The van der Waals surface area contributed by atoms with Gasteiger partial charge in [-0.25, -0.2) is 0 Å². The van der Waals surface area contributed by atoms with Crippen molar-refractivity contribution < 1.29 is 4.42 Å². The number of hydrogen-bond donors (Lipinski definition) is 1. The van der Waals surface area contributed by atoms with Crippen molar-refractivity contribution in [2.45, 2.75) is 19.9 Å². The van der Waals surface area contributed by atoms with Crippen molar-refractivity contribution in [1.29, 1.82) is 0 Å². The first-order valence-electron chi connectivity index (χ1n) is 6.65. The first-order chi connectivity index (χ1) is 9.69. The molecule has 4 heteroatoms. The molecule has 0 aliphatic heterocycles. The van der Waals surface area contributed by atoms with Gasteiger partial charge >= 0.3 is 0 Å². The summed E-state index contributed by atoms with van der Waals surface area (Å²) in [5.74, 6) is 0.893. The number of furan rings is 1. The fraction of sp³-hybridized carbons (Fsp3) is 0.250. The van der Waals surface area contributed by atoms with Gasteiger partial charge in [0.1, 0.15) is 11.3 Å². The van der Waals surface area contributed by atoms with E-state index < -0.39 is 0 Å². The van der Waals surface area contributed by atoms with E-state index in [9.17, 15) is 0 Å². The SMILES string of the molecule is CNC(c1cc2ccccc2o1)c1cc(C)nnc1C. The molecule has 0 aliphatic rings. The molecule has 1 aromatic carbocycles. The summed E-state index contributed by atoms with van der Waals surface area (Å²) in [7, 11) is 1.92. The second-order valence-corrected chi connectivity index (χ2v) is 4.93. The Morgan fingerprint density at radius 1 is 1.10 bits per heavy atom. The van der Waals surface area contributed by atoms with Gasteiger partial charge in [0.15, 0.2) is 0 Å². The molecule has 0 radical (unpaired) electrons. The molecule has 1 N–H and O–H groups in total. The highest BCUT2D eigenvalue weighted by atomic mass is 16.3. The van der Waals surface area contributed by atoms with E-state index in [0.717, 1.165) is 33.7 Å². The summed E-state index contributed by atoms with van der Waals surface area (Å²) in [4.78, 5) is 0. The predicted molar refractivity (Wildman–Crippen MR) is 78.6 cm³/mol. The number of para-hydroxylation sites is 1. The zero-order valence-corrected chi connectivity index (χ0v) is 11.8. The molecule has 0 amide bonds. The molecule has 0 saturated heterocycles. The van der Waals surface area contributed by atoms with Gasteiger partial charge in [0.2, 0.25) is 0 Å². The molecule has 0 fully saturated rings. The molecule has 0 saturated carbocycles. The quantitative estimate of drug-likeness (QED) is 0.792. The standard InChI is InChI=1S/C16H17N3O/c1-10-8-13(11(2)19-18-10)16(17-3)15-9-12-6-4-5-7-14(12)20-15/h4-9,16-17H,1-3H3. The average Bonchev–Trinajstić information content (AvgIpc) is 2.87. The highest BCUT2D eigenvalue weighted by molar-refractivity contribution is 5.78. The fourth-order valence-electron chi connectivity index (χ4n) is 2.46. The van der Waals surface area contributed by atoms with Crippen LogP contribution in [0.4, 0.5) is 0 Å². The molecule has 0 aliphatic carbocycles. The van der Waals surface area contributed by atoms with Crippen LogP contribution in [0, 0.1) is 13.8 Å². The molecule has 0 spiro atoms. The van der Waals surface area contributed by atoms with Crippen molar-refractivity contribution in [2.75, 3.05) is 7.05 Å². The summed E-state index contributed by atoms with van der Waals surface area (Å²) >= 11 is 0. The fourth-order valence-corrected chi connectivity index (χ4v) is 2.46. The van der Waals surface area contributed by atoms with Crippen molar-refractivity contribution in [1.82, 2.24) is 15.5 Å². The van der Waals surface area contributed by atoms with Crippen LogP contribution in [0.1, 0.15) is 28.8 Å². The second-order valence-electron chi connectivity index (χ2n) is 4.93. The minimum absolute atomic E-state index is 0.0170. The molecule has 3 rings (SSSR count). The topological polar surface area (TPSA) is 51.0 Å². The Bertz CT molecular complexity index is 715. The van der Waals surface area contributed by atoms with Gasteiger partial charge in [-0.1, -0.05) is 18.2 Å². The molecule has 1 atom stereocenters. The number of hydrogen-bond acceptors (Lipinski definition) is 4. The van der Waals surface area contributed by atoms with E-state index in [4.69, 9.17) is 4.42 Å². The summed E-state index contributed by atoms with van der Waals surface area (Å²) in [6.07, 6.45) is 0. The number of rotatable bonds is 3. The normalized spacial score (nSPS) is 12.8. The Morgan fingerprint density at radius 3 is 2.65 bits per heavy atom. The number of fused-ring (bicyclic) bond motifs is 1. The Labute approximate surface area is 117 Å². The Hall–Kier alpha value is -2.20. The smallest absolute Gasteiger partial charge is 0.134 e. The van der Waals surface area contributed by atoms with Crippen LogP contribution in [0.25, 0.3) is 11.0 Å². The van der Waals surface area contributed by atoms with E-state index in [0.29, 0.717) is 0 Å². The van der Waals surface area contributed by atoms with Crippen LogP contribution in [0.3, 0.4) is 0 Å². The molecule has 4 nitrogen and oxygen atoms in total. The van der Waals surface area contributed by atoms with Crippen LogP contribution >= 0.6 is 0 Å². The molecule has 2 aromatic heterocycles. The van der Waals surface area contributed by atoms with Crippen LogP contribution in [-0.2, 0) is 0 Å². The van der Waals surface area contributed by atoms with E-state index in [2.05, 4.69) is 33.7 Å². The highest BCUT2D eigenvalue weighted by Gasteiger charge is 2.19. The molecular formula is C16H17N3O. The van der Waals surface area contributed by atoms with Crippen molar-refractivity contribution in [3.05, 3.63) is 59.1 Å². The second kappa shape index (κ2) is 5.06. The van der Waals surface area contributed by atoms with Gasteiger partial charge in [-0.2, -0.15) is 10.2 Å². The third-order valence-electron chi connectivity index (χ3n) is 3.47. The van der Waals surface area contributed by atoms with E-state index in [-0.39, 0.29) is 6.04 Å². The largest absolute Gasteiger partial charge is 0.459 e. The first-order valence-corrected chi connectivity index (χ1v) is 6.65. The molecule has 2 heterocycles. The Kier molecular flexibility index (Phi) is 3.24. The number of aromatic nitrogens is 2. The maximum Gasteiger partial charge on any atom is 0.134 e. The van der Waals surface area contributed by atoms with Gasteiger partial charge in [0, 0.05) is 10.9 Å². The molecule has 0 bridgehead atoms. The number of nitrogens with zero attached hydrogens (tertiary/aromatic N) is 2. The maximum atomic E-state index is 5.96. The first kappa shape index (κ1) is 12.8. The van der Waals surface area contributed by atoms with Gasteiger partial charge in [-0.3, -0.25) is 0 Å². The predicted octanol–water partition coefficient (Wildman–Crippen LogP) is 3.15. The van der Waals surface area contributed by atoms with Gasteiger partial charge in [0.25, 0.3) is 0 Å². The van der Waals surface area contributed by atoms with Gasteiger partial charge in [0.05, 0.1) is 17.4 Å². The number of nitrogens with one attached hydrogen (secondary N) is 1. The summed E-state index contributed by atoms with van der Waals surface area (Å²) in [6.45, 7) is 3.91. The lowest BCUT2D eigenvalue weighted by Gasteiger charge is -2.15. The summed E-state index contributed by atoms with van der Waals surface area (Å²) in [5, 5.41) is 12.7. The van der Waals surface area contributed by atoms with E-state index >= 15 is 0 Å². The number of aryl methyl sites for hydroxylation is 2.